The van der Waals surface area contributed by atoms with Crippen LogP contribution in [0.2, 0.25) is 0 Å². The minimum Gasteiger partial charge on any atom is -0.397 e. The van der Waals surface area contributed by atoms with Crippen molar-refractivity contribution >= 4 is 11.3 Å². The molecular weight excluding hydrogens is 327 g/mol. The van der Waals surface area contributed by atoms with Crippen molar-refractivity contribution in [1.82, 2.24) is 4.98 Å². The Labute approximate surface area is 157 Å². The van der Waals surface area contributed by atoms with Crippen molar-refractivity contribution in [3.63, 3.8) is 0 Å². The number of hydrogen-bond donors (Lipinski definition) is 1. The fourth-order valence-electron chi connectivity index (χ4n) is 4.49. The molecule has 2 heterocycles. The van der Waals surface area contributed by atoms with Crippen LogP contribution in [-0.2, 0) is 4.74 Å². The van der Waals surface area contributed by atoms with E-state index in [9.17, 15) is 4.39 Å². The third kappa shape index (κ3) is 4.11. The van der Waals surface area contributed by atoms with Gasteiger partial charge in [-0.25, -0.2) is 4.39 Å². The van der Waals surface area contributed by atoms with Gasteiger partial charge in [-0.3, -0.25) is 4.98 Å². The number of nitrogens with zero attached hydrogens (tertiary/aromatic N) is 1. The number of aromatic nitrogens is 1. The van der Waals surface area contributed by atoms with E-state index in [1.165, 1.54) is 5.57 Å². The average molecular weight is 361 g/mol. The Morgan fingerprint density at radius 2 is 1.92 bits per heavy atom. The van der Waals surface area contributed by atoms with E-state index < -0.39 is 12.3 Å². The predicted octanol–water partition coefficient (Wildman–Crippen LogP) is 5.66. The molecule has 0 spiro atoms. The fraction of sp³-hybridized carbons (Fsp3) is 0.682. The average Bonchev–Trinajstić information content (AvgIpc) is 2.54. The van der Waals surface area contributed by atoms with Crippen molar-refractivity contribution in [2.75, 3.05) is 12.4 Å². The van der Waals surface area contributed by atoms with E-state index >= 15 is 0 Å². The summed E-state index contributed by atoms with van der Waals surface area (Å²) in [6.45, 7) is 10.1. The lowest BCUT2D eigenvalue weighted by molar-refractivity contribution is -0.178. The van der Waals surface area contributed by atoms with Crippen LogP contribution in [0.1, 0.15) is 84.0 Å². The molecule has 2 aliphatic rings. The normalized spacial score (nSPS) is 30.7. The zero-order valence-corrected chi connectivity index (χ0v) is 16.9. The molecule has 0 saturated carbocycles. The molecule has 1 aliphatic heterocycles. The Balaban J connectivity index is 1.91. The molecule has 1 aromatic rings. The van der Waals surface area contributed by atoms with E-state index in [4.69, 9.17) is 15.5 Å². The maximum atomic E-state index is 13.6. The van der Waals surface area contributed by atoms with Crippen molar-refractivity contribution in [3.05, 3.63) is 29.6 Å². The van der Waals surface area contributed by atoms with Gasteiger partial charge in [0.2, 0.25) is 0 Å². The first-order valence-electron chi connectivity index (χ1n) is 9.75. The molecule has 2 N–H and O–H groups in total. The second kappa shape index (κ2) is 6.63. The first kappa shape index (κ1) is 19.3. The van der Waals surface area contributed by atoms with E-state index in [1.54, 1.807) is 0 Å². The first-order chi connectivity index (χ1) is 12.0. The summed E-state index contributed by atoms with van der Waals surface area (Å²) >= 11 is 0. The molecule has 1 saturated heterocycles. The standard InChI is InChI=1S/C22H33FN2O/c1-20(2)10-8-15(9-11-20)19-17(24)6-7-18(25-19)16-12-21(3,4)26-22(5,13-16)14-23/h6-8,16H,9-14,24H2,1-5H3. The molecule has 2 unspecified atom stereocenters. The highest BCUT2D eigenvalue weighted by Crippen LogP contribution is 2.44. The molecule has 1 aromatic heterocycles. The minimum absolute atomic E-state index is 0.180. The van der Waals surface area contributed by atoms with E-state index in [1.807, 2.05) is 32.9 Å². The van der Waals surface area contributed by atoms with Crippen LogP contribution in [-0.4, -0.2) is 22.9 Å². The summed E-state index contributed by atoms with van der Waals surface area (Å²) in [5, 5.41) is 0. The monoisotopic (exact) mass is 360 g/mol. The van der Waals surface area contributed by atoms with E-state index in [0.29, 0.717) is 11.8 Å². The van der Waals surface area contributed by atoms with Gasteiger partial charge < -0.3 is 10.5 Å². The van der Waals surface area contributed by atoms with E-state index in [0.717, 1.165) is 42.8 Å². The number of ether oxygens (including phenoxy) is 1. The lowest BCUT2D eigenvalue weighted by atomic mass is 9.77. The minimum atomic E-state index is -0.746. The number of halogens is 1. The number of alkyl halides is 1. The van der Waals surface area contributed by atoms with Crippen molar-refractivity contribution in [3.8, 4) is 0 Å². The first-order valence-corrected chi connectivity index (χ1v) is 9.75. The molecule has 0 bridgehead atoms. The molecule has 2 atom stereocenters. The van der Waals surface area contributed by atoms with Crippen LogP contribution in [0.4, 0.5) is 10.1 Å². The van der Waals surface area contributed by atoms with Crippen molar-refractivity contribution in [2.24, 2.45) is 5.41 Å². The Morgan fingerprint density at radius 3 is 2.54 bits per heavy atom. The number of nitrogen functional groups attached to an aromatic ring is 1. The fourth-order valence-corrected chi connectivity index (χ4v) is 4.49. The number of pyridine rings is 1. The van der Waals surface area contributed by atoms with Crippen LogP contribution in [0, 0.1) is 5.41 Å². The van der Waals surface area contributed by atoms with Crippen LogP contribution >= 0.6 is 0 Å². The van der Waals surface area contributed by atoms with E-state index in [-0.39, 0.29) is 11.5 Å². The maximum Gasteiger partial charge on any atom is 0.118 e. The molecule has 144 valence electrons. The van der Waals surface area contributed by atoms with Crippen LogP contribution in [0.3, 0.4) is 0 Å². The number of nitrogens with two attached hydrogens (primary N) is 1. The molecule has 3 rings (SSSR count). The molecule has 26 heavy (non-hydrogen) atoms. The Morgan fingerprint density at radius 1 is 1.19 bits per heavy atom. The number of allylic oxidation sites excluding steroid dienone is 2. The van der Waals surface area contributed by atoms with Gasteiger partial charge in [-0.05, 0) is 76.0 Å². The summed E-state index contributed by atoms with van der Waals surface area (Å²) in [5.41, 5.74) is 9.43. The van der Waals surface area contributed by atoms with Gasteiger partial charge in [0.05, 0.1) is 22.6 Å². The number of rotatable bonds is 3. The molecule has 0 amide bonds. The Kier molecular flexibility index (Phi) is 4.93. The summed E-state index contributed by atoms with van der Waals surface area (Å²) in [6, 6.07) is 3.98. The molecule has 0 radical (unpaired) electrons. The van der Waals surface area contributed by atoms with Gasteiger partial charge in [0, 0.05) is 11.6 Å². The smallest absolute Gasteiger partial charge is 0.118 e. The van der Waals surface area contributed by atoms with Gasteiger partial charge in [0.1, 0.15) is 6.67 Å². The zero-order chi connectivity index (χ0) is 19.2. The SMILES string of the molecule is CC1(C)CC=C(c2nc(C3CC(C)(C)OC(C)(CF)C3)ccc2N)CC1. The second-order valence-corrected chi connectivity index (χ2v) is 9.82. The molecule has 1 fully saturated rings. The zero-order valence-electron chi connectivity index (χ0n) is 16.9. The van der Waals surface area contributed by atoms with Gasteiger partial charge in [-0.15, -0.1) is 0 Å². The third-order valence-corrected chi connectivity index (χ3v) is 5.86. The van der Waals surface area contributed by atoms with Crippen LogP contribution in [0.5, 0.6) is 0 Å². The van der Waals surface area contributed by atoms with Gasteiger partial charge in [-0.1, -0.05) is 19.9 Å². The molecule has 3 nitrogen and oxygen atoms in total. The topological polar surface area (TPSA) is 48.1 Å². The Hall–Kier alpha value is -1.42. The molecule has 4 heteroatoms. The van der Waals surface area contributed by atoms with Crippen LogP contribution < -0.4 is 5.73 Å². The van der Waals surface area contributed by atoms with Crippen LogP contribution in [0.15, 0.2) is 18.2 Å². The highest BCUT2D eigenvalue weighted by Gasteiger charge is 2.43. The summed E-state index contributed by atoms with van der Waals surface area (Å²) in [4.78, 5) is 4.96. The highest BCUT2D eigenvalue weighted by atomic mass is 19.1. The number of anilines is 1. The maximum absolute atomic E-state index is 13.6. The Bertz CT molecular complexity index is 710. The van der Waals surface area contributed by atoms with Gasteiger partial charge in [0.15, 0.2) is 0 Å². The predicted molar refractivity (Wildman–Crippen MR) is 106 cm³/mol. The summed E-state index contributed by atoms with van der Waals surface area (Å²) in [6.07, 6.45) is 6.99. The van der Waals surface area contributed by atoms with Gasteiger partial charge in [0.25, 0.3) is 0 Å². The van der Waals surface area contributed by atoms with Crippen molar-refractivity contribution in [1.29, 1.82) is 0 Å². The third-order valence-electron chi connectivity index (χ3n) is 5.86. The summed E-state index contributed by atoms with van der Waals surface area (Å²) in [5.74, 6) is 0.180. The van der Waals surface area contributed by atoms with Crippen LogP contribution in [0.25, 0.3) is 5.57 Å². The van der Waals surface area contributed by atoms with Crippen molar-refractivity contribution < 1.29 is 9.13 Å². The lowest BCUT2D eigenvalue weighted by Crippen LogP contribution is -2.47. The largest absolute Gasteiger partial charge is 0.397 e. The second-order valence-electron chi connectivity index (χ2n) is 9.82. The quantitative estimate of drug-likeness (QED) is 0.757. The van der Waals surface area contributed by atoms with Crippen molar-refractivity contribution in [2.45, 2.75) is 83.8 Å². The summed E-state index contributed by atoms with van der Waals surface area (Å²) in [7, 11) is 0. The molecular formula is C22H33FN2O. The number of hydrogen-bond acceptors (Lipinski definition) is 3. The van der Waals surface area contributed by atoms with E-state index in [2.05, 4.69) is 19.9 Å². The molecule has 0 aromatic carbocycles. The van der Waals surface area contributed by atoms with Gasteiger partial charge >= 0.3 is 0 Å². The van der Waals surface area contributed by atoms with Gasteiger partial charge in [-0.2, -0.15) is 0 Å². The lowest BCUT2D eigenvalue weighted by Gasteiger charge is -2.45. The summed E-state index contributed by atoms with van der Waals surface area (Å²) < 4.78 is 19.6. The highest BCUT2D eigenvalue weighted by molar-refractivity contribution is 5.72. The molecule has 1 aliphatic carbocycles.